The molecular formula is C14H16N4O. The molecule has 1 aromatic carbocycles. The molecule has 98 valence electrons. The fourth-order valence-electron chi connectivity index (χ4n) is 1.63. The van der Waals surface area contributed by atoms with E-state index in [1.54, 1.807) is 0 Å². The average Bonchev–Trinajstić information content (AvgIpc) is 2.36. The molecule has 0 spiro atoms. The molecule has 0 radical (unpaired) electrons. The van der Waals surface area contributed by atoms with E-state index in [2.05, 4.69) is 15.6 Å². The molecule has 0 aliphatic rings. The number of aromatic nitrogens is 1. The van der Waals surface area contributed by atoms with Crippen molar-refractivity contribution in [1.82, 2.24) is 4.98 Å². The van der Waals surface area contributed by atoms with Crippen molar-refractivity contribution in [1.29, 1.82) is 0 Å². The molecule has 1 amide bonds. The van der Waals surface area contributed by atoms with Crippen molar-refractivity contribution in [3.8, 4) is 0 Å². The molecular weight excluding hydrogens is 240 g/mol. The highest BCUT2D eigenvalue weighted by atomic mass is 16.1. The number of nitrogens with zero attached hydrogens (tertiary/aromatic N) is 1. The zero-order valence-electron chi connectivity index (χ0n) is 10.9. The molecule has 19 heavy (non-hydrogen) atoms. The molecule has 5 nitrogen and oxygen atoms in total. The Balaban J connectivity index is 2.10. The van der Waals surface area contributed by atoms with Crippen molar-refractivity contribution >= 4 is 28.8 Å². The first-order chi connectivity index (χ1) is 9.04. The SMILES string of the molecule is CC(=O)Nc1ccc(Nc2ccc(N)c(C)n2)cc1. The van der Waals surface area contributed by atoms with E-state index in [9.17, 15) is 4.79 Å². The number of hydrogen-bond acceptors (Lipinski definition) is 4. The molecule has 2 rings (SSSR count). The second-order valence-corrected chi connectivity index (χ2v) is 4.25. The van der Waals surface area contributed by atoms with Gasteiger partial charge >= 0.3 is 0 Å². The number of rotatable bonds is 3. The van der Waals surface area contributed by atoms with Gasteiger partial charge in [-0.25, -0.2) is 4.98 Å². The lowest BCUT2D eigenvalue weighted by Crippen LogP contribution is -2.05. The predicted octanol–water partition coefficient (Wildman–Crippen LogP) is 2.67. The number of amides is 1. The molecule has 1 heterocycles. The Kier molecular flexibility index (Phi) is 3.66. The number of benzene rings is 1. The van der Waals surface area contributed by atoms with Crippen LogP contribution in [0, 0.1) is 6.92 Å². The van der Waals surface area contributed by atoms with Gasteiger partial charge < -0.3 is 16.4 Å². The van der Waals surface area contributed by atoms with Gasteiger partial charge in [-0.2, -0.15) is 0 Å². The molecule has 5 heteroatoms. The number of carbonyl (C=O) groups excluding carboxylic acids is 1. The van der Waals surface area contributed by atoms with E-state index in [1.165, 1.54) is 6.92 Å². The molecule has 0 unspecified atom stereocenters. The number of nitrogens with one attached hydrogen (secondary N) is 2. The Hall–Kier alpha value is -2.56. The first-order valence-corrected chi connectivity index (χ1v) is 5.92. The van der Waals surface area contributed by atoms with E-state index >= 15 is 0 Å². The normalized spacial score (nSPS) is 10.0. The first-order valence-electron chi connectivity index (χ1n) is 5.92. The van der Waals surface area contributed by atoms with Crippen LogP contribution in [-0.4, -0.2) is 10.9 Å². The number of nitrogens with two attached hydrogens (primary N) is 1. The van der Waals surface area contributed by atoms with E-state index in [0.717, 1.165) is 22.9 Å². The topological polar surface area (TPSA) is 80.0 Å². The molecule has 4 N–H and O–H groups in total. The number of anilines is 4. The van der Waals surface area contributed by atoms with Gasteiger partial charge in [-0.15, -0.1) is 0 Å². The molecule has 2 aromatic rings. The lowest BCUT2D eigenvalue weighted by atomic mass is 10.2. The highest BCUT2D eigenvalue weighted by molar-refractivity contribution is 5.88. The van der Waals surface area contributed by atoms with Crippen LogP contribution in [0.25, 0.3) is 0 Å². The number of aryl methyl sites for hydroxylation is 1. The summed E-state index contributed by atoms with van der Waals surface area (Å²) < 4.78 is 0. The quantitative estimate of drug-likeness (QED) is 0.788. The molecule has 0 fully saturated rings. The zero-order chi connectivity index (χ0) is 13.8. The third-order valence-electron chi connectivity index (χ3n) is 2.60. The van der Waals surface area contributed by atoms with Crippen LogP contribution in [0.1, 0.15) is 12.6 Å². The Bertz CT molecular complexity index is 593. The minimum atomic E-state index is -0.0865. The van der Waals surface area contributed by atoms with E-state index in [0.29, 0.717) is 5.69 Å². The summed E-state index contributed by atoms with van der Waals surface area (Å²) in [5, 5.41) is 5.89. The standard InChI is InChI=1S/C14H16N4O/c1-9-13(15)7-8-14(16-9)18-12-5-3-11(4-6-12)17-10(2)19/h3-8H,15H2,1-2H3,(H,16,18)(H,17,19). The van der Waals surface area contributed by atoms with Crippen LogP contribution in [0.3, 0.4) is 0 Å². The maximum Gasteiger partial charge on any atom is 0.221 e. The summed E-state index contributed by atoms with van der Waals surface area (Å²) in [5.74, 6) is 0.649. The van der Waals surface area contributed by atoms with Crippen molar-refractivity contribution in [2.75, 3.05) is 16.4 Å². The fourth-order valence-corrected chi connectivity index (χ4v) is 1.63. The van der Waals surface area contributed by atoms with Gasteiger partial charge in [0.1, 0.15) is 5.82 Å². The van der Waals surface area contributed by atoms with Crippen molar-refractivity contribution in [3.63, 3.8) is 0 Å². The fraction of sp³-hybridized carbons (Fsp3) is 0.143. The second kappa shape index (κ2) is 5.39. The van der Waals surface area contributed by atoms with Gasteiger partial charge in [0.05, 0.1) is 11.4 Å². The Morgan fingerprint density at radius 1 is 1.11 bits per heavy atom. The maximum atomic E-state index is 10.9. The van der Waals surface area contributed by atoms with Crippen LogP contribution >= 0.6 is 0 Å². The molecule has 0 bridgehead atoms. The predicted molar refractivity (Wildman–Crippen MR) is 77.4 cm³/mol. The lowest BCUT2D eigenvalue weighted by Gasteiger charge is -2.08. The Morgan fingerprint density at radius 3 is 2.32 bits per heavy atom. The molecule has 0 saturated carbocycles. The van der Waals surface area contributed by atoms with Crippen LogP contribution in [0.15, 0.2) is 36.4 Å². The highest BCUT2D eigenvalue weighted by Crippen LogP contribution is 2.19. The highest BCUT2D eigenvalue weighted by Gasteiger charge is 2.00. The zero-order valence-corrected chi connectivity index (χ0v) is 10.9. The molecule has 0 saturated heterocycles. The van der Waals surface area contributed by atoms with Gasteiger partial charge in [0, 0.05) is 18.3 Å². The van der Waals surface area contributed by atoms with Crippen LogP contribution in [-0.2, 0) is 4.79 Å². The van der Waals surface area contributed by atoms with Gasteiger partial charge in [-0.05, 0) is 43.3 Å². The number of carbonyl (C=O) groups is 1. The minimum Gasteiger partial charge on any atom is -0.397 e. The van der Waals surface area contributed by atoms with Gasteiger partial charge in [0.2, 0.25) is 5.91 Å². The van der Waals surface area contributed by atoms with Crippen molar-refractivity contribution in [2.45, 2.75) is 13.8 Å². The van der Waals surface area contributed by atoms with E-state index in [1.807, 2.05) is 43.3 Å². The van der Waals surface area contributed by atoms with Crippen LogP contribution in [0.5, 0.6) is 0 Å². The molecule has 0 atom stereocenters. The summed E-state index contributed by atoms with van der Waals surface area (Å²) >= 11 is 0. The molecule has 0 aliphatic heterocycles. The van der Waals surface area contributed by atoms with Gasteiger partial charge in [0.25, 0.3) is 0 Å². The lowest BCUT2D eigenvalue weighted by molar-refractivity contribution is -0.114. The van der Waals surface area contributed by atoms with Crippen molar-refractivity contribution < 1.29 is 4.79 Å². The second-order valence-electron chi connectivity index (χ2n) is 4.25. The van der Waals surface area contributed by atoms with E-state index < -0.39 is 0 Å². The van der Waals surface area contributed by atoms with Crippen molar-refractivity contribution in [2.24, 2.45) is 0 Å². The average molecular weight is 256 g/mol. The summed E-state index contributed by atoms with van der Waals surface area (Å²) in [6, 6.07) is 11.0. The van der Waals surface area contributed by atoms with Crippen LogP contribution in [0.4, 0.5) is 22.9 Å². The minimum absolute atomic E-state index is 0.0865. The summed E-state index contributed by atoms with van der Waals surface area (Å²) in [6.07, 6.45) is 0. The molecule has 1 aromatic heterocycles. The number of nitrogen functional groups attached to an aromatic ring is 1. The van der Waals surface area contributed by atoms with Gasteiger partial charge in [0.15, 0.2) is 0 Å². The molecule has 0 aliphatic carbocycles. The van der Waals surface area contributed by atoms with Crippen molar-refractivity contribution in [3.05, 3.63) is 42.1 Å². The van der Waals surface area contributed by atoms with Crippen LogP contribution < -0.4 is 16.4 Å². The van der Waals surface area contributed by atoms with E-state index in [4.69, 9.17) is 5.73 Å². The largest absolute Gasteiger partial charge is 0.397 e. The van der Waals surface area contributed by atoms with Gasteiger partial charge in [-0.1, -0.05) is 0 Å². The summed E-state index contributed by atoms with van der Waals surface area (Å²) in [5.41, 5.74) is 8.84. The smallest absolute Gasteiger partial charge is 0.221 e. The Morgan fingerprint density at radius 2 is 1.74 bits per heavy atom. The number of pyridine rings is 1. The monoisotopic (exact) mass is 256 g/mol. The van der Waals surface area contributed by atoms with Crippen LogP contribution in [0.2, 0.25) is 0 Å². The maximum absolute atomic E-state index is 10.9. The summed E-state index contributed by atoms with van der Waals surface area (Å²) in [4.78, 5) is 15.2. The van der Waals surface area contributed by atoms with Gasteiger partial charge in [-0.3, -0.25) is 4.79 Å². The Labute approximate surface area is 111 Å². The van der Waals surface area contributed by atoms with E-state index in [-0.39, 0.29) is 5.91 Å². The third kappa shape index (κ3) is 3.45. The first kappa shape index (κ1) is 12.9. The summed E-state index contributed by atoms with van der Waals surface area (Å²) in [6.45, 7) is 3.34. The third-order valence-corrected chi connectivity index (χ3v) is 2.60. The number of hydrogen-bond donors (Lipinski definition) is 3. The summed E-state index contributed by atoms with van der Waals surface area (Å²) in [7, 11) is 0.